The van der Waals surface area contributed by atoms with E-state index >= 15 is 0 Å². The van der Waals surface area contributed by atoms with Crippen LogP contribution in [0, 0.1) is 0 Å². The minimum absolute atomic E-state index is 0.0294. The topological polar surface area (TPSA) is 92.3 Å². The van der Waals surface area contributed by atoms with E-state index in [2.05, 4.69) is 15.3 Å². The number of hydrogen-bond donors (Lipinski definition) is 1. The first-order chi connectivity index (χ1) is 11.5. The van der Waals surface area contributed by atoms with Gasteiger partial charge in [0.2, 0.25) is 11.8 Å². The number of amides is 2. The van der Waals surface area contributed by atoms with Gasteiger partial charge in [0.05, 0.1) is 17.8 Å². The molecular formula is C17H22N4O3. The summed E-state index contributed by atoms with van der Waals surface area (Å²) in [7, 11) is 0. The van der Waals surface area contributed by atoms with Crippen LogP contribution in [0.5, 0.6) is 0 Å². The summed E-state index contributed by atoms with van der Waals surface area (Å²) in [5.74, 6) is 0.643. The summed E-state index contributed by atoms with van der Waals surface area (Å²) in [5.41, 5.74) is 1.50. The molecule has 1 N–H and O–H groups in total. The lowest BCUT2D eigenvalue weighted by Crippen LogP contribution is -2.44. The summed E-state index contributed by atoms with van der Waals surface area (Å²) in [6, 6.07) is 0. The summed E-state index contributed by atoms with van der Waals surface area (Å²) in [4.78, 5) is 45.8. The zero-order chi connectivity index (χ0) is 17.1. The molecule has 128 valence electrons. The van der Waals surface area contributed by atoms with Crippen LogP contribution in [0.25, 0.3) is 0 Å². The van der Waals surface area contributed by atoms with Crippen LogP contribution in [0.1, 0.15) is 60.4 Å². The van der Waals surface area contributed by atoms with E-state index in [4.69, 9.17) is 0 Å². The Bertz CT molecular complexity index is 674. The van der Waals surface area contributed by atoms with Crippen LogP contribution in [0.15, 0.2) is 6.20 Å². The maximum absolute atomic E-state index is 12.2. The molecule has 1 aliphatic heterocycles. The minimum atomic E-state index is -0.209. The van der Waals surface area contributed by atoms with Crippen molar-refractivity contribution in [2.24, 2.45) is 0 Å². The molecule has 0 unspecified atom stereocenters. The lowest BCUT2D eigenvalue weighted by Gasteiger charge is -2.32. The number of aryl methyl sites for hydroxylation is 1. The fourth-order valence-electron chi connectivity index (χ4n) is 3.33. The van der Waals surface area contributed by atoms with Crippen molar-refractivity contribution >= 4 is 17.6 Å². The first-order valence-electron chi connectivity index (χ1n) is 8.46. The normalized spacial score (nSPS) is 20.5. The second kappa shape index (κ2) is 7.07. The van der Waals surface area contributed by atoms with Crippen molar-refractivity contribution in [3.63, 3.8) is 0 Å². The standard InChI is InChI=1S/C17H22N4O3/c1-11(22)18-9-16(24)21-7-3-4-12(10-21)17-19-8-13-14(20-17)5-2-6-15(13)23/h8,12H,2-7,9-10H2,1H3,(H,18,22)/t12-/m0/s1. The van der Waals surface area contributed by atoms with Crippen LogP contribution in [0.4, 0.5) is 0 Å². The molecule has 24 heavy (non-hydrogen) atoms. The highest BCUT2D eigenvalue weighted by Gasteiger charge is 2.28. The van der Waals surface area contributed by atoms with Gasteiger partial charge in [-0.15, -0.1) is 0 Å². The van der Waals surface area contributed by atoms with Crippen LogP contribution in [0.3, 0.4) is 0 Å². The van der Waals surface area contributed by atoms with Crippen LogP contribution in [0.2, 0.25) is 0 Å². The zero-order valence-electron chi connectivity index (χ0n) is 13.9. The van der Waals surface area contributed by atoms with Crippen molar-refractivity contribution in [2.45, 2.75) is 44.9 Å². The summed E-state index contributed by atoms with van der Waals surface area (Å²) >= 11 is 0. The van der Waals surface area contributed by atoms with Crippen molar-refractivity contribution in [2.75, 3.05) is 19.6 Å². The van der Waals surface area contributed by atoms with Gasteiger partial charge in [-0.3, -0.25) is 14.4 Å². The predicted octanol–water partition coefficient (Wildman–Crippen LogP) is 0.838. The molecule has 2 amide bonds. The molecule has 2 heterocycles. The molecule has 1 aromatic heterocycles. The number of carbonyl (C=O) groups is 3. The van der Waals surface area contributed by atoms with E-state index in [1.165, 1.54) is 6.92 Å². The number of nitrogens with zero attached hydrogens (tertiary/aromatic N) is 3. The first kappa shape index (κ1) is 16.5. The van der Waals surface area contributed by atoms with Gasteiger partial charge in [-0.2, -0.15) is 0 Å². The lowest BCUT2D eigenvalue weighted by atomic mass is 9.94. The molecule has 0 aromatic carbocycles. The zero-order valence-corrected chi connectivity index (χ0v) is 13.9. The maximum Gasteiger partial charge on any atom is 0.241 e. The summed E-state index contributed by atoms with van der Waals surface area (Å²) in [6.07, 6.45) is 5.69. The number of piperidine rings is 1. The Hall–Kier alpha value is -2.31. The number of fused-ring (bicyclic) bond motifs is 1. The molecule has 1 saturated heterocycles. The molecule has 0 spiro atoms. The third-order valence-electron chi connectivity index (χ3n) is 4.63. The maximum atomic E-state index is 12.2. The number of aromatic nitrogens is 2. The molecule has 3 rings (SSSR count). The third-order valence-corrected chi connectivity index (χ3v) is 4.63. The summed E-state index contributed by atoms with van der Waals surface area (Å²) in [6.45, 7) is 2.68. The molecule has 0 bridgehead atoms. The molecule has 0 radical (unpaired) electrons. The monoisotopic (exact) mass is 330 g/mol. The number of Topliss-reactive ketones (excluding diaryl/α,β-unsaturated/α-hetero) is 1. The highest BCUT2D eigenvalue weighted by Crippen LogP contribution is 2.26. The molecule has 2 aliphatic rings. The fourth-order valence-corrected chi connectivity index (χ4v) is 3.33. The smallest absolute Gasteiger partial charge is 0.241 e. The van der Waals surface area contributed by atoms with E-state index in [0.29, 0.717) is 25.1 Å². The van der Waals surface area contributed by atoms with E-state index in [1.54, 1.807) is 11.1 Å². The Morgan fingerprint density at radius 2 is 2.17 bits per heavy atom. The van der Waals surface area contributed by atoms with Crippen molar-refractivity contribution in [3.05, 3.63) is 23.3 Å². The Kier molecular flexibility index (Phi) is 4.87. The van der Waals surface area contributed by atoms with Gasteiger partial charge in [-0.25, -0.2) is 9.97 Å². The van der Waals surface area contributed by atoms with Gasteiger partial charge in [-0.1, -0.05) is 0 Å². The Morgan fingerprint density at radius 3 is 2.96 bits per heavy atom. The van der Waals surface area contributed by atoms with Gasteiger partial charge in [0.15, 0.2) is 5.78 Å². The number of nitrogens with one attached hydrogen (secondary N) is 1. The van der Waals surface area contributed by atoms with E-state index in [0.717, 1.165) is 37.2 Å². The van der Waals surface area contributed by atoms with Gasteiger partial charge in [0.25, 0.3) is 0 Å². The quantitative estimate of drug-likeness (QED) is 0.886. The molecule has 7 heteroatoms. The number of ketones is 1. The van der Waals surface area contributed by atoms with Gasteiger partial charge in [0, 0.05) is 38.5 Å². The van der Waals surface area contributed by atoms with E-state index in [-0.39, 0.29) is 30.1 Å². The second-order valence-electron chi connectivity index (χ2n) is 6.45. The highest BCUT2D eigenvalue weighted by molar-refractivity contribution is 5.97. The summed E-state index contributed by atoms with van der Waals surface area (Å²) in [5, 5.41) is 2.54. The molecule has 1 aliphatic carbocycles. The minimum Gasteiger partial charge on any atom is -0.347 e. The first-order valence-corrected chi connectivity index (χ1v) is 8.46. The lowest BCUT2D eigenvalue weighted by molar-refractivity contribution is -0.133. The van der Waals surface area contributed by atoms with E-state index in [9.17, 15) is 14.4 Å². The Balaban J connectivity index is 1.69. The van der Waals surface area contributed by atoms with Crippen LogP contribution < -0.4 is 5.32 Å². The third kappa shape index (κ3) is 3.60. The average Bonchev–Trinajstić information content (AvgIpc) is 2.59. The van der Waals surface area contributed by atoms with Crippen LogP contribution in [-0.4, -0.2) is 52.1 Å². The molecule has 1 aromatic rings. The van der Waals surface area contributed by atoms with E-state index < -0.39 is 0 Å². The Labute approximate surface area is 140 Å². The SMILES string of the molecule is CC(=O)NCC(=O)N1CCC[C@H](c2ncc3c(n2)CCCC3=O)C1. The van der Waals surface area contributed by atoms with E-state index in [1.807, 2.05) is 0 Å². The average molecular weight is 330 g/mol. The Morgan fingerprint density at radius 1 is 1.33 bits per heavy atom. The molecule has 7 nitrogen and oxygen atoms in total. The number of rotatable bonds is 3. The second-order valence-corrected chi connectivity index (χ2v) is 6.45. The summed E-state index contributed by atoms with van der Waals surface area (Å²) < 4.78 is 0. The fraction of sp³-hybridized carbons (Fsp3) is 0.588. The highest BCUT2D eigenvalue weighted by atomic mass is 16.2. The van der Waals surface area contributed by atoms with Gasteiger partial charge >= 0.3 is 0 Å². The number of carbonyl (C=O) groups excluding carboxylic acids is 3. The predicted molar refractivity (Wildman–Crippen MR) is 86.5 cm³/mol. The largest absolute Gasteiger partial charge is 0.347 e. The van der Waals surface area contributed by atoms with Crippen molar-refractivity contribution in [3.8, 4) is 0 Å². The van der Waals surface area contributed by atoms with Gasteiger partial charge in [0.1, 0.15) is 5.82 Å². The van der Waals surface area contributed by atoms with Gasteiger partial charge in [-0.05, 0) is 25.7 Å². The van der Waals surface area contributed by atoms with Crippen LogP contribution in [-0.2, 0) is 16.0 Å². The molecule has 0 saturated carbocycles. The van der Waals surface area contributed by atoms with Gasteiger partial charge < -0.3 is 10.2 Å². The molecule has 1 atom stereocenters. The van der Waals surface area contributed by atoms with Crippen molar-refractivity contribution < 1.29 is 14.4 Å². The van der Waals surface area contributed by atoms with Crippen molar-refractivity contribution in [1.82, 2.24) is 20.2 Å². The number of likely N-dealkylation sites (tertiary alicyclic amines) is 1. The number of hydrogen-bond acceptors (Lipinski definition) is 5. The molecule has 1 fully saturated rings. The molecular weight excluding hydrogens is 308 g/mol. The van der Waals surface area contributed by atoms with Crippen LogP contribution >= 0.6 is 0 Å². The van der Waals surface area contributed by atoms with Crippen molar-refractivity contribution in [1.29, 1.82) is 0 Å².